The maximum atomic E-state index is 13.7. The number of halogens is 1. The van der Waals surface area contributed by atoms with E-state index in [0.717, 1.165) is 4.90 Å². The Bertz CT molecular complexity index is 1040. The fraction of sp³-hybridized carbons (Fsp3) is 0.654. The van der Waals surface area contributed by atoms with Crippen molar-refractivity contribution in [2.45, 2.75) is 63.4 Å². The molecule has 0 spiro atoms. The van der Waals surface area contributed by atoms with Crippen LogP contribution in [-0.4, -0.2) is 73.2 Å². The number of rotatable bonds is 12. The van der Waals surface area contributed by atoms with E-state index < -0.39 is 54.7 Å². The van der Waals surface area contributed by atoms with Crippen molar-refractivity contribution in [1.82, 2.24) is 0 Å². The van der Waals surface area contributed by atoms with Crippen LogP contribution < -0.4 is 5.73 Å². The second kappa shape index (κ2) is 13.2. The van der Waals surface area contributed by atoms with E-state index in [0.29, 0.717) is 5.56 Å². The van der Waals surface area contributed by atoms with Crippen LogP contribution in [-0.2, 0) is 33.2 Å². The predicted molar refractivity (Wildman–Crippen MR) is 136 cm³/mol. The van der Waals surface area contributed by atoms with Crippen LogP contribution in [0.15, 0.2) is 23.1 Å². The number of benzene rings is 1. The quantitative estimate of drug-likeness (QED) is 0.124. The Morgan fingerprint density at radius 1 is 1.05 bits per heavy atom. The summed E-state index contributed by atoms with van der Waals surface area (Å²) in [4.78, 5) is 37.2. The lowest BCUT2D eigenvalue weighted by Gasteiger charge is -2.34. The van der Waals surface area contributed by atoms with Gasteiger partial charge in [-0.2, -0.15) is 0 Å². The monoisotopic (exact) mass is 573 g/mol. The Morgan fingerprint density at radius 3 is 2.26 bits per heavy atom. The molecule has 39 heavy (non-hydrogen) atoms. The normalized spacial score (nSPS) is 27.2. The molecule has 2 aliphatic carbocycles. The van der Waals surface area contributed by atoms with Crippen LogP contribution in [0.25, 0.3) is 0 Å². The van der Waals surface area contributed by atoms with Gasteiger partial charge in [0.2, 0.25) is 6.79 Å². The summed E-state index contributed by atoms with van der Waals surface area (Å²) in [5.41, 5.74) is 5.54. The summed E-state index contributed by atoms with van der Waals surface area (Å²) in [6.07, 6.45) is -3.60. The highest BCUT2D eigenvalue weighted by atomic mass is 32.2. The molecule has 2 saturated carbocycles. The van der Waals surface area contributed by atoms with Gasteiger partial charge in [0, 0.05) is 16.6 Å². The number of aliphatic hydroxyl groups excluding tert-OH is 1. The lowest BCUT2D eigenvalue weighted by molar-refractivity contribution is -0.164. The van der Waals surface area contributed by atoms with Crippen molar-refractivity contribution in [3.8, 4) is 0 Å². The van der Waals surface area contributed by atoms with Crippen LogP contribution in [0.5, 0.6) is 0 Å². The lowest BCUT2D eigenvalue weighted by atomic mass is 9.81. The van der Waals surface area contributed by atoms with Crippen molar-refractivity contribution >= 4 is 30.0 Å². The van der Waals surface area contributed by atoms with Gasteiger partial charge in [0.25, 0.3) is 0 Å². The number of aryl methyl sites for hydroxylation is 1. The largest absolute Gasteiger partial charge is 0.511 e. The summed E-state index contributed by atoms with van der Waals surface area (Å²) in [5, 5.41) is 11.2. The van der Waals surface area contributed by atoms with Gasteiger partial charge in [-0.1, -0.05) is 0 Å². The minimum absolute atomic E-state index is 0.0712. The average Bonchev–Trinajstić information content (AvgIpc) is 3.52. The summed E-state index contributed by atoms with van der Waals surface area (Å²) in [6, 6.07) is 4.64. The SMILES string of the molecule is Cc1cc(SCC2[C@@H](O)[C@H]3C(COCOC(=O)OC(C)C)[C@H]3[C@]2(N)C(=O)OCOC(=O)OC(C)C)ccc1F. The van der Waals surface area contributed by atoms with Gasteiger partial charge in [0.05, 0.1) is 24.9 Å². The zero-order valence-electron chi connectivity index (χ0n) is 22.6. The Labute approximate surface area is 230 Å². The minimum Gasteiger partial charge on any atom is -0.432 e. The highest BCUT2D eigenvalue weighted by Gasteiger charge is 2.75. The summed E-state index contributed by atoms with van der Waals surface area (Å²) < 4.78 is 43.7. The van der Waals surface area contributed by atoms with Gasteiger partial charge in [-0.25, -0.2) is 18.8 Å². The molecule has 0 aliphatic heterocycles. The Balaban J connectivity index is 1.65. The summed E-state index contributed by atoms with van der Waals surface area (Å²) in [5.74, 6) is -2.80. The number of fused-ring (bicyclic) bond motifs is 1. The van der Waals surface area contributed by atoms with Gasteiger partial charge in [-0.3, -0.25) is 0 Å². The number of esters is 1. The second-order valence-electron chi connectivity index (χ2n) is 10.2. The van der Waals surface area contributed by atoms with Crippen molar-refractivity contribution in [3.63, 3.8) is 0 Å². The van der Waals surface area contributed by atoms with E-state index in [1.54, 1.807) is 46.8 Å². The minimum atomic E-state index is -1.62. The molecule has 2 aliphatic rings. The van der Waals surface area contributed by atoms with Gasteiger partial charge in [0.1, 0.15) is 11.4 Å². The maximum absolute atomic E-state index is 13.7. The molecular weight excluding hydrogens is 537 g/mol. The molecule has 6 atom stereocenters. The predicted octanol–water partition coefficient (Wildman–Crippen LogP) is 3.37. The second-order valence-corrected chi connectivity index (χ2v) is 11.3. The maximum Gasteiger partial charge on any atom is 0.511 e. The van der Waals surface area contributed by atoms with Crippen LogP contribution in [0.2, 0.25) is 0 Å². The topological polar surface area (TPSA) is 153 Å². The molecule has 0 radical (unpaired) electrons. The number of thioether (sulfide) groups is 1. The molecule has 0 heterocycles. The molecule has 0 bridgehead atoms. The third-order valence-corrected chi connectivity index (χ3v) is 7.83. The van der Waals surface area contributed by atoms with Crippen LogP contribution in [0.4, 0.5) is 14.0 Å². The van der Waals surface area contributed by atoms with E-state index in [4.69, 9.17) is 34.2 Å². The average molecular weight is 574 g/mol. The molecular formula is C26H36FNO10S. The van der Waals surface area contributed by atoms with E-state index >= 15 is 0 Å². The van der Waals surface area contributed by atoms with Crippen LogP contribution in [0.1, 0.15) is 33.3 Å². The van der Waals surface area contributed by atoms with Crippen LogP contribution >= 0.6 is 11.8 Å². The standard InChI is InChI=1S/C26H36FNO10S/c1-13(2)37-24(31)35-11-33-9-17-20-21(17)26(28,23(30)34-12-36-25(32)38-14(3)4)18(22(20)29)10-39-16-6-7-19(27)15(5)8-16/h6-8,13-14,17-18,20-22,29H,9-12,28H2,1-5H3/t17?,18?,20-,21+,22+,26-/m0/s1. The molecule has 3 rings (SSSR count). The molecule has 1 aromatic carbocycles. The summed E-state index contributed by atoms with van der Waals surface area (Å²) in [6.45, 7) is 7.28. The van der Waals surface area contributed by atoms with E-state index in [1.807, 2.05) is 0 Å². The molecule has 1 aromatic rings. The van der Waals surface area contributed by atoms with E-state index in [1.165, 1.54) is 17.8 Å². The van der Waals surface area contributed by atoms with Crippen LogP contribution in [0, 0.1) is 36.4 Å². The number of aliphatic hydroxyl groups is 1. The van der Waals surface area contributed by atoms with Crippen molar-refractivity contribution in [2.24, 2.45) is 29.4 Å². The number of hydrogen-bond donors (Lipinski definition) is 2. The van der Waals surface area contributed by atoms with Gasteiger partial charge < -0.3 is 39.3 Å². The third kappa shape index (κ3) is 7.53. The van der Waals surface area contributed by atoms with E-state index in [-0.39, 0.29) is 42.9 Å². The first-order valence-electron chi connectivity index (χ1n) is 12.6. The molecule has 3 N–H and O–H groups in total. The first-order valence-corrected chi connectivity index (χ1v) is 13.6. The lowest BCUT2D eigenvalue weighted by Crippen LogP contribution is -2.58. The van der Waals surface area contributed by atoms with Crippen molar-refractivity contribution in [3.05, 3.63) is 29.6 Å². The van der Waals surface area contributed by atoms with E-state index in [2.05, 4.69) is 0 Å². The summed E-state index contributed by atoms with van der Waals surface area (Å²) >= 11 is 1.33. The molecule has 2 unspecified atom stereocenters. The zero-order chi connectivity index (χ0) is 28.9. The highest BCUT2D eigenvalue weighted by Crippen LogP contribution is 2.64. The number of nitrogens with two attached hydrogens (primary N) is 1. The fourth-order valence-electron chi connectivity index (χ4n) is 4.95. The first kappa shape index (κ1) is 30.9. The number of carbonyl (C=O) groups excluding carboxylic acids is 3. The number of ether oxygens (including phenoxy) is 6. The van der Waals surface area contributed by atoms with Crippen molar-refractivity contribution < 1.29 is 52.3 Å². The number of carbonyl (C=O) groups is 3. The van der Waals surface area contributed by atoms with Gasteiger partial charge in [0.15, 0.2) is 6.79 Å². The first-order chi connectivity index (χ1) is 18.4. The molecule has 11 nitrogen and oxygen atoms in total. The smallest absolute Gasteiger partial charge is 0.432 e. The highest BCUT2D eigenvalue weighted by molar-refractivity contribution is 7.99. The zero-order valence-corrected chi connectivity index (χ0v) is 23.4. The van der Waals surface area contributed by atoms with Crippen LogP contribution in [0.3, 0.4) is 0 Å². The fourth-order valence-corrected chi connectivity index (χ4v) is 6.22. The van der Waals surface area contributed by atoms with E-state index in [9.17, 15) is 23.9 Å². The Hall–Kier alpha value is -2.61. The molecule has 0 aromatic heterocycles. The third-order valence-electron chi connectivity index (χ3n) is 6.71. The van der Waals surface area contributed by atoms with Crippen molar-refractivity contribution in [1.29, 1.82) is 0 Å². The summed E-state index contributed by atoms with van der Waals surface area (Å²) in [7, 11) is 0. The number of hydrogen-bond acceptors (Lipinski definition) is 12. The molecule has 218 valence electrons. The molecule has 0 saturated heterocycles. The van der Waals surface area contributed by atoms with Crippen molar-refractivity contribution in [2.75, 3.05) is 25.9 Å². The molecule has 13 heteroatoms. The molecule has 0 amide bonds. The Morgan fingerprint density at radius 2 is 1.67 bits per heavy atom. The Kier molecular flexibility index (Phi) is 10.4. The van der Waals surface area contributed by atoms with Gasteiger partial charge in [-0.15, -0.1) is 11.8 Å². The van der Waals surface area contributed by atoms with Gasteiger partial charge in [-0.05, 0) is 76.1 Å². The molecule has 2 fully saturated rings. The van der Waals surface area contributed by atoms with Gasteiger partial charge >= 0.3 is 18.3 Å².